The van der Waals surface area contributed by atoms with Gasteiger partial charge in [0.25, 0.3) is 10.0 Å². The lowest BCUT2D eigenvalue weighted by atomic mass is 10.1. The van der Waals surface area contributed by atoms with Crippen molar-refractivity contribution in [3.63, 3.8) is 0 Å². The van der Waals surface area contributed by atoms with Crippen LogP contribution in [0.4, 0.5) is 0 Å². The minimum atomic E-state index is -3.75. The van der Waals surface area contributed by atoms with Crippen LogP contribution in [-0.4, -0.2) is 14.1 Å². The number of furan rings is 1. The lowest BCUT2D eigenvalue weighted by Gasteiger charge is -2.07. The van der Waals surface area contributed by atoms with Crippen molar-refractivity contribution >= 4 is 15.7 Å². The van der Waals surface area contributed by atoms with Crippen molar-refractivity contribution in [3.8, 4) is 0 Å². The Kier molecular flexibility index (Phi) is 4.48. The van der Waals surface area contributed by atoms with Crippen LogP contribution in [0.1, 0.15) is 16.9 Å². The first-order chi connectivity index (χ1) is 11.6. The van der Waals surface area contributed by atoms with E-state index in [1.807, 2.05) is 37.3 Å². The summed E-state index contributed by atoms with van der Waals surface area (Å²) in [4.78, 5) is 2.44. The van der Waals surface area contributed by atoms with Crippen LogP contribution in [0.3, 0.4) is 0 Å². The first-order valence-electron chi connectivity index (χ1n) is 7.32. The molecule has 1 N–H and O–H groups in total. The molecule has 0 saturated carbocycles. The maximum absolute atomic E-state index is 12.4. The molecule has 5 nitrogen and oxygen atoms in total. The molecule has 0 aliphatic heterocycles. The Hall–Kier alpha value is -2.86. The molecule has 0 aliphatic rings. The van der Waals surface area contributed by atoms with Crippen LogP contribution in [-0.2, 0) is 10.0 Å². The molecule has 0 amide bonds. The van der Waals surface area contributed by atoms with Gasteiger partial charge in [0.2, 0.25) is 0 Å². The van der Waals surface area contributed by atoms with E-state index in [2.05, 4.69) is 9.93 Å². The van der Waals surface area contributed by atoms with E-state index in [4.69, 9.17) is 4.42 Å². The van der Waals surface area contributed by atoms with Gasteiger partial charge in [0.15, 0.2) is 5.76 Å². The molecule has 0 bridgehead atoms. The number of hydrogen-bond acceptors (Lipinski definition) is 4. The number of hydrazone groups is 1. The predicted octanol–water partition coefficient (Wildman–Crippen LogP) is 3.32. The van der Waals surface area contributed by atoms with E-state index >= 15 is 0 Å². The zero-order chi connectivity index (χ0) is 17.0. The molecule has 0 unspecified atom stereocenters. The van der Waals surface area contributed by atoms with Crippen LogP contribution in [0.25, 0.3) is 0 Å². The minimum absolute atomic E-state index is 0.156. The maximum Gasteiger partial charge on any atom is 0.276 e. The first kappa shape index (κ1) is 16.0. The van der Waals surface area contributed by atoms with Gasteiger partial charge in [-0.25, -0.2) is 0 Å². The van der Waals surface area contributed by atoms with E-state index < -0.39 is 10.0 Å². The predicted molar refractivity (Wildman–Crippen MR) is 92.3 cm³/mol. The lowest BCUT2D eigenvalue weighted by molar-refractivity contribution is 0.556. The van der Waals surface area contributed by atoms with Crippen molar-refractivity contribution in [3.05, 3.63) is 89.9 Å². The molecule has 122 valence electrons. The molecule has 6 heteroatoms. The largest absolute Gasteiger partial charge is 0.463 e. The van der Waals surface area contributed by atoms with Crippen molar-refractivity contribution in [2.24, 2.45) is 5.10 Å². The van der Waals surface area contributed by atoms with Gasteiger partial charge in [0.05, 0.1) is 11.2 Å². The van der Waals surface area contributed by atoms with Gasteiger partial charge in [-0.2, -0.15) is 18.4 Å². The maximum atomic E-state index is 12.4. The van der Waals surface area contributed by atoms with E-state index in [0.29, 0.717) is 11.5 Å². The monoisotopic (exact) mass is 340 g/mol. The number of aryl methyl sites for hydroxylation is 1. The highest BCUT2D eigenvalue weighted by molar-refractivity contribution is 7.89. The van der Waals surface area contributed by atoms with Gasteiger partial charge in [-0.1, -0.05) is 48.0 Å². The van der Waals surface area contributed by atoms with Crippen molar-refractivity contribution in [2.75, 3.05) is 0 Å². The molecule has 0 spiro atoms. The SMILES string of the molecule is Cc1ccc(S(=O)(=O)N/N=C(\c2ccccc2)c2ccco2)cc1. The number of benzene rings is 2. The van der Waals surface area contributed by atoms with Crippen LogP contribution in [0.2, 0.25) is 0 Å². The summed E-state index contributed by atoms with van der Waals surface area (Å²) in [6.45, 7) is 1.90. The Morgan fingerprint density at radius 3 is 2.29 bits per heavy atom. The summed E-state index contributed by atoms with van der Waals surface area (Å²) < 4.78 is 30.2. The van der Waals surface area contributed by atoms with Gasteiger partial charge >= 0.3 is 0 Å². The van der Waals surface area contributed by atoms with E-state index in [-0.39, 0.29) is 4.90 Å². The molecule has 3 rings (SSSR count). The average Bonchev–Trinajstić information content (AvgIpc) is 3.11. The van der Waals surface area contributed by atoms with Gasteiger partial charge in [-0.15, -0.1) is 0 Å². The highest BCUT2D eigenvalue weighted by Crippen LogP contribution is 2.13. The summed E-state index contributed by atoms with van der Waals surface area (Å²) in [6, 6.07) is 19.3. The smallest absolute Gasteiger partial charge is 0.276 e. The number of hydrogen-bond donors (Lipinski definition) is 1. The Morgan fingerprint density at radius 1 is 0.958 bits per heavy atom. The highest BCUT2D eigenvalue weighted by Gasteiger charge is 2.15. The number of nitrogens with one attached hydrogen (secondary N) is 1. The van der Waals surface area contributed by atoms with E-state index in [1.54, 1.807) is 36.4 Å². The molecule has 0 radical (unpaired) electrons. The molecule has 1 aromatic heterocycles. The van der Waals surface area contributed by atoms with Crippen LogP contribution >= 0.6 is 0 Å². The molecule has 0 fully saturated rings. The summed E-state index contributed by atoms with van der Waals surface area (Å²) in [6.07, 6.45) is 1.52. The Balaban J connectivity index is 1.95. The van der Waals surface area contributed by atoms with Gasteiger partial charge < -0.3 is 4.42 Å². The van der Waals surface area contributed by atoms with Crippen molar-refractivity contribution in [1.29, 1.82) is 0 Å². The summed E-state index contributed by atoms with van der Waals surface area (Å²) in [5.41, 5.74) is 2.15. The van der Waals surface area contributed by atoms with Crippen LogP contribution in [0.15, 0.2) is 87.4 Å². The Bertz CT molecular complexity index is 930. The fraction of sp³-hybridized carbons (Fsp3) is 0.0556. The summed E-state index contributed by atoms with van der Waals surface area (Å²) >= 11 is 0. The molecular formula is C18H16N2O3S. The van der Waals surface area contributed by atoms with Crippen molar-refractivity contribution < 1.29 is 12.8 Å². The molecule has 0 aliphatic carbocycles. The van der Waals surface area contributed by atoms with Gasteiger partial charge in [-0.3, -0.25) is 0 Å². The minimum Gasteiger partial charge on any atom is -0.463 e. The Labute approximate surface area is 140 Å². The third-order valence-corrected chi connectivity index (χ3v) is 4.64. The van der Waals surface area contributed by atoms with E-state index in [0.717, 1.165) is 11.1 Å². The zero-order valence-electron chi connectivity index (χ0n) is 13.0. The quantitative estimate of drug-likeness (QED) is 0.572. The second-order valence-corrected chi connectivity index (χ2v) is 6.87. The van der Waals surface area contributed by atoms with E-state index in [1.165, 1.54) is 6.26 Å². The molecule has 0 saturated heterocycles. The highest BCUT2D eigenvalue weighted by atomic mass is 32.2. The van der Waals surface area contributed by atoms with Crippen molar-refractivity contribution in [2.45, 2.75) is 11.8 Å². The number of nitrogens with zero attached hydrogens (tertiary/aromatic N) is 1. The summed E-state index contributed by atoms with van der Waals surface area (Å²) in [5.74, 6) is 0.479. The normalized spacial score (nSPS) is 12.1. The van der Waals surface area contributed by atoms with Crippen LogP contribution in [0.5, 0.6) is 0 Å². The summed E-state index contributed by atoms with van der Waals surface area (Å²) in [7, 11) is -3.75. The molecule has 1 heterocycles. The average molecular weight is 340 g/mol. The zero-order valence-corrected chi connectivity index (χ0v) is 13.8. The van der Waals surface area contributed by atoms with Gasteiger partial charge in [0.1, 0.15) is 5.71 Å². The number of rotatable bonds is 5. The lowest BCUT2D eigenvalue weighted by Crippen LogP contribution is -2.21. The third-order valence-electron chi connectivity index (χ3n) is 3.41. The van der Waals surface area contributed by atoms with Gasteiger partial charge in [-0.05, 0) is 31.2 Å². The van der Waals surface area contributed by atoms with Crippen LogP contribution in [0, 0.1) is 6.92 Å². The second-order valence-electron chi connectivity index (χ2n) is 5.21. The number of sulfonamides is 1. The Morgan fingerprint density at radius 2 is 1.67 bits per heavy atom. The molecule has 0 atom stereocenters. The molecule has 3 aromatic rings. The molecular weight excluding hydrogens is 324 g/mol. The topological polar surface area (TPSA) is 71.7 Å². The molecule has 2 aromatic carbocycles. The standard InChI is InChI=1S/C18H16N2O3S/c1-14-9-11-16(12-10-14)24(21,22)20-19-18(17-8-5-13-23-17)15-6-3-2-4-7-15/h2-13,20H,1H3/b19-18+. The van der Waals surface area contributed by atoms with Crippen LogP contribution < -0.4 is 4.83 Å². The second kappa shape index (κ2) is 6.72. The first-order valence-corrected chi connectivity index (χ1v) is 8.80. The summed E-state index contributed by atoms with van der Waals surface area (Å²) in [5, 5.41) is 4.09. The fourth-order valence-corrected chi connectivity index (χ4v) is 2.96. The van der Waals surface area contributed by atoms with Gasteiger partial charge in [0, 0.05) is 5.56 Å². The fourth-order valence-electron chi connectivity index (χ4n) is 2.15. The van der Waals surface area contributed by atoms with Crippen molar-refractivity contribution in [1.82, 2.24) is 4.83 Å². The molecule has 24 heavy (non-hydrogen) atoms. The third kappa shape index (κ3) is 3.55. The van der Waals surface area contributed by atoms with E-state index in [9.17, 15) is 8.42 Å².